The molecule has 1 amide bonds. The van der Waals surface area contributed by atoms with Crippen molar-refractivity contribution in [3.63, 3.8) is 0 Å². The lowest BCUT2D eigenvalue weighted by Crippen LogP contribution is -2.28. The van der Waals surface area contributed by atoms with Gasteiger partial charge in [-0.25, -0.2) is 4.98 Å². The third-order valence-corrected chi connectivity index (χ3v) is 4.65. The van der Waals surface area contributed by atoms with E-state index in [0.29, 0.717) is 5.56 Å². The molecule has 2 aromatic carbocycles. The smallest absolute Gasteiger partial charge is 0.251 e. The van der Waals surface area contributed by atoms with Crippen LogP contribution in [0.5, 0.6) is 0 Å². The summed E-state index contributed by atoms with van der Waals surface area (Å²) in [7, 11) is 1.63. The molecule has 0 spiro atoms. The zero-order valence-electron chi connectivity index (χ0n) is 13.6. The average molecular weight is 320 g/mol. The van der Waals surface area contributed by atoms with Crippen LogP contribution in [0.1, 0.15) is 23.2 Å². The molecule has 1 aliphatic carbocycles. The predicted octanol–water partition coefficient (Wildman–Crippen LogP) is 2.55. The Morgan fingerprint density at radius 1 is 1.21 bits per heavy atom. The summed E-state index contributed by atoms with van der Waals surface area (Å²) in [4.78, 5) is 16.5. The Labute approximate surface area is 140 Å². The number of hydrogen-bond donors (Lipinski definition) is 2. The second-order valence-electron chi connectivity index (χ2n) is 6.53. The molecule has 122 valence electrons. The molecule has 0 bridgehead atoms. The van der Waals surface area contributed by atoms with Crippen LogP contribution in [0.2, 0.25) is 0 Å². The molecular weight excluding hydrogens is 300 g/mol. The number of imidazole rings is 1. The maximum absolute atomic E-state index is 11.7. The van der Waals surface area contributed by atoms with Gasteiger partial charge in [-0.2, -0.15) is 0 Å². The van der Waals surface area contributed by atoms with Crippen LogP contribution in [-0.2, 0) is 6.54 Å². The van der Waals surface area contributed by atoms with Crippen molar-refractivity contribution in [3.05, 3.63) is 54.1 Å². The lowest BCUT2D eigenvalue weighted by molar-refractivity contribution is 0.0963. The topological polar surface area (TPSA) is 72.9 Å². The number of nitrogens with zero attached hydrogens (tertiary/aromatic N) is 2. The number of carbonyl (C=O) groups excluding carboxylic acids is 1. The van der Waals surface area contributed by atoms with Crippen molar-refractivity contribution in [2.75, 3.05) is 7.05 Å². The summed E-state index contributed by atoms with van der Waals surface area (Å²) in [6.45, 7) is 0.764. The molecule has 0 saturated heterocycles. The van der Waals surface area contributed by atoms with Gasteiger partial charge in [0.25, 0.3) is 5.91 Å². The molecule has 5 nitrogen and oxygen atoms in total. The third-order valence-electron chi connectivity index (χ3n) is 4.65. The number of benzene rings is 2. The lowest BCUT2D eigenvalue weighted by Gasteiger charge is -2.14. The summed E-state index contributed by atoms with van der Waals surface area (Å²) >= 11 is 0. The Balaban J connectivity index is 1.80. The molecule has 4 rings (SSSR count). The number of nitrogens with two attached hydrogens (primary N) is 1. The Bertz CT molecular complexity index is 907. The van der Waals surface area contributed by atoms with E-state index in [1.807, 2.05) is 42.5 Å². The zero-order valence-corrected chi connectivity index (χ0v) is 13.6. The first-order chi connectivity index (χ1) is 11.6. The Hall–Kier alpha value is -2.66. The fourth-order valence-corrected chi connectivity index (χ4v) is 3.00. The number of amides is 1. The first-order valence-corrected chi connectivity index (χ1v) is 8.16. The molecule has 1 heterocycles. The monoisotopic (exact) mass is 320 g/mol. The summed E-state index contributed by atoms with van der Waals surface area (Å²) in [5, 5.41) is 2.64. The number of fused-ring (bicyclic) bond motifs is 1. The van der Waals surface area contributed by atoms with Gasteiger partial charge in [0, 0.05) is 30.3 Å². The largest absolute Gasteiger partial charge is 0.355 e. The van der Waals surface area contributed by atoms with Crippen LogP contribution in [0.4, 0.5) is 0 Å². The highest BCUT2D eigenvalue weighted by Gasteiger charge is 2.39. The molecule has 0 atom stereocenters. The van der Waals surface area contributed by atoms with E-state index in [4.69, 9.17) is 10.7 Å². The minimum absolute atomic E-state index is 0.0889. The van der Waals surface area contributed by atoms with Crippen molar-refractivity contribution in [3.8, 4) is 11.4 Å². The molecule has 1 aromatic heterocycles. The van der Waals surface area contributed by atoms with Crippen LogP contribution in [0.3, 0.4) is 0 Å². The highest BCUT2D eigenvalue weighted by atomic mass is 16.1. The van der Waals surface area contributed by atoms with E-state index in [1.165, 1.54) is 0 Å². The number of nitrogens with one attached hydrogen (secondary N) is 1. The molecule has 1 aliphatic rings. The molecule has 5 heteroatoms. The van der Waals surface area contributed by atoms with Crippen LogP contribution < -0.4 is 11.1 Å². The first kappa shape index (κ1) is 14.9. The van der Waals surface area contributed by atoms with Gasteiger partial charge < -0.3 is 15.6 Å². The van der Waals surface area contributed by atoms with E-state index in [1.54, 1.807) is 7.05 Å². The molecule has 24 heavy (non-hydrogen) atoms. The SMILES string of the molecule is CNC(=O)c1ccc(-c2nc3ccccc3n2CC2(N)CC2)cc1. The van der Waals surface area contributed by atoms with Crippen molar-refractivity contribution in [2.45, 2.75) is 24.9 Å². The minimum atomic E-state index is -0.111. The van der Waals surface area contributed by atoms with Crippen LogP contribution in [0.15, 0.2) is 48.5 Å². The van der Waals surface area contributed by atoms with Gasteiger partial charge in [-0.1, -0.05) is 24.3 Å². The molecule has 3 N–H and O–H groups in total. The molecular formula is C19H20N4O. The Kier molecular flexibility index (Phi) is 3.39. The van der Waals surface area contributed by atoms with Gasteiger partial charge in [-0.3, -0.25) is 4.79 Å². The first-order valence-electron chi connectivity index (χ1n) is 8.16. The standard InChI is InChI=1S/C19H20N4O/c1-21-18(24)14-8-6-13(7-9-14)17-22-15-4-2-3-5-16(15)23(17)12-19(20)10-11-19/h2-9H,10-12,20H2,1H3,(H,21,24). The fourth-order valence-electron chi connectivity index (χ4n) is 3.00. The lowest BCUT2D eigenvalue weighted by atomic mass is 10.1. The second kappa shape index (κ2) is 5.46. The number of para-hydroxylation sites is 2. The van der Waals surface area contributed by atoms with Gasteiger partial charge in [0.2, 0.25) is 0 Å². The van der Waals surface area contributed by atoms with E-state index in [2.05, 4.69) is 16.0 Å². The normalized spacial score (nSPS) is 15.4. The van der Waals surface area contributed by atoms with Gasteiger partial charge in [0.05, 0.1) is 11.0 Å². The number of rotatable bonds is 4. The minimum Gasteiger partial charge on any atom is -0.355 e. The van der Waals surface area contributed by atoms with Crippen molar-refractivity contribution in [2.24, 2.45) is 5.73 Å². The van der Waals surface area contributed by atoms with E-state index >= 15 is 0 Å². The highest BCUT2D eigenvalue weighted by Crippen LogP contribution is 2.36. The summed E-state index contributed by atoms with van der Waals surface area (Å²) in [6, 6.07) is 15.7. The van der Waals surface area contributed by atoms with Crippen molar-refractivity contribution < 1.29 is 4.79 Å². The molecule has 0 unspecified atom stereocenters. The van der Waals surface area contributed by atoms with Gasteiger partial charge in [-0.15, -0.1) is 0 Å². The van der Waals surface area contributed by atoms with Crippen molar-refractivity contribution >= 4 is 16.9 Å². The third kappa shape index (κ3) is 2.57. The Morgan fingerprint density at radius 2 is 1.92 bits per heavy atom. The second-order valence-corrected chi connectivity index (χ2v) is 6.53. The van der Waals surface area contributed by atoms with Crippen LogP contribution in [0, 0.1) is 0 Å². The van der Waals surface area contributed by atoms with Gasteiger partial charge in [0.15, 0.2) is 0 Å². The molecule has 0 aliphatic heterocycles. The molecule has 1 saturated carbocycles. The van der Waals surface area contributed by atoms with Crippen molar-refractivity contribution in [1.29, 1.82) is 0 Å². The number of hydrogen-bond acceptors (Lipinski definition) is 3. The van der Waals surface area contributed by atoms with Gasteiger partial charge in [-0.05, 0) is 37.1 Å². The number of aromatic nitrogens is 2. The van der Waals surface area contributed by atoms with Gasteiger partial charge in [0.1, 0.15) is 5.82 Å². The van der Waals surface area contributed by atoms with E-state index in [9.17, 15) is 4.79 Å². The molecule has 3 aromatic rings. The Morgan fingerprint density at radius 3 is 2.58 bits per heavy atom. The summed E-state index contributed by atoms with van der Waals surface area (Å²) in [5.74, 6) is 0.810. The highest BCUT2D eigenvalue weighted by molar-refractivity contribution is 5.94. The predicted molar refractivity (Wildman–Crippen MR) is 94.7 cm³/mol. The van der Waals surface area contributed by atoms with Crippen LogP contribution in [-0.4, -0.2) is 28.0 Å². The van der Waals surface area contributed by atoms with E-state index < -0.39 is 0 Å². The summed E-state index contributed by atoms with van der Waals surface area (Å²) in [6.07, 6.45) is 2.10. The average Bonchev–Trinajstić information content (AvgIpc) is 3.24. The fraction of sp³-hybridized carbons (Fsp3) is 0.263. The van der Waals surface area contributed by atoms with E-state index in [-0.39, 0.29) is 11.4 Å². The quantitative estimate of drug-likeness (QED) is 0.776. The zero-order chi connectivity index (χ0) is 16.7. The van der Waals surface area contributed by atoms with E-state index in [0.717, 1.165) is 41.8 Å². The maximum atomic E-state index is 11.7. The van der Waals surface area contributed by atoms with Crippen LogP contribution in [0.25, 0.3) is 22.4 Å². The molecule has 1 fully saturated rings. The summed E-state index contributed by atoms with van der Waals surface area (Å²) < 4.78 is 2.21. The van der Waals surface area contributed by atoms with Gasteiger partial charge >= 0.3 is 0 Å². The number of carbonyl (C=O) groups is 1. The maximum Gasteiger partial charge on any atom is 0.251 e. The summed E-state index contributed by atoms with van der Waals surface area (Å²) in [5.41, 5.74) is 9.94. The van der Waals surface area contributed by atoms with Crippen molar-refractivity contribution in [1.82, 2.24) is 14.9 Å². The molecule has 0 radical (unpaired) electrons. The van der Waals surface area contributed by atoms with Crippen LogP contribution >= 0.6 is 0 Å².